The van der Waals surface area contributed by atoms with Crippen LogP contribution in [0.4, 0.5) is 26.0 Å². The van der Waals surface area contributed by atoms with Crippen LogP contribution in [0.3, 0.4) is 0 Å². The SMILES string of the molecule is COc1nc(Nc2ccc(OC(F)F)cc2)ccc1N. The van der Waals surface area contributed by atoms with Crippen molar-refractivity contribution in [1.29, 1.82) is 0 Å². The maximum Gasteiger partial charge on any atom is 0.387 e. The molecule has 106 valence electrons. The molecule has 1 heterocycles. The summed E-state index contributed by atoms with van der Waals surface area (Å²) in [6.45, 7) is -2.84. The molecule has 0 aliphatic heterocycles. The number of anilines is 3. The molecule has 0 amide bonds. The number of ether oxygens (including phenoxy) is 2. The Hall–Kier alpha value is -2.57. The van der Waals surface area contributed by atoms with E-state index in [-0.39, 0.29) is 5.75 Å². The van der Waals surface area contributed by atoms with Gasteiger partial charge < -0.3 is 20.5 Å². The van der Waals surface area contributed by atoms with Gasteiger partial charge in [0, 0.05) is 5.69 Å². The molecule has 2 aromatic rings. The summed E-state index contributed by atoms with van der Waals surface area (Å²) in [4.78, 5) is 4.15. The summed E-state index contributed by atoms with van der Waals surface area (Å²) < 4.78 is 33.3. The number of aromatic nitrogens is 1. The molecule has 0 unspecified atom stereocenters. The van der Waals surface area contributed by atoms with Gasteiger partial charge in [0.2, 0.25) is 5.88 Å². The summed E-state index contributed by atoms with van der Waals surface area (Å²) >= 11 is 0. The number of rotatable bonds is 5. The summed E-state index contributed by atoms with van der Waals surface area (Å²) in [5.41, 5.74) is 6.76. The third-order valence-electron chi connectivity index (χ3n) is 2.43. The first-order chi connectivity index (χ1) is 9.58. The van der Waals surface area contributed by atoms with Gasteiger partial charge in [0.05, 0.1) is 12.8 Å². The highest BCUT2D eigenvalue weighted by Gasteiger charge is 2.05. The number of benzene rings is 1. The normalized spacial score (nSPS) is 10.4. The standard InChI is InChI=1S/C13H13F2N3O2/c1-19-12-10(16)6-7-11(18-12)17-8-2-4-9(5-3-8)20-13(14)15/h2-7,13H,16H2,1H3,(H,17,18). The van der Waals surface area contributed by atoms with Crippen molar-refractivity contribution in [3.05, 3.63) is 36.4 Å². The Morgan fingerprint density at radius 1 is 1.15 bits per heavy atom. The maximum absolute atomic E-state index is 12.0. The fourth-order valence-electron chi connectivity index (χ4n) is 1.55. The van der Waals surface area contributed by atoms with Gasteiger partial charge in [-0.15, -0.1) is 0 Å². The van der Waals surface area contributed by atoms with Crippen molar-refractivity contribution in [2.45, 2.75) is 6.61 Å². The fraction of sp³-hybridized carbons (Fsp3) is 0.154. The number of halogens is 2. The molecule has 20 heavy (non-hydrogen) atoms. The molecule has 2 rings (SSSR count). The molecule has 0 bridgehead atoms. The lowest BCUT2D eigenvalue weighted by Gasteiger charge is -2.09. The van der Waals surface area contributed by atoms with Crippen LogP contribution in [-0.2, 0) is 0 Å². The molecular weight excluding hydrogens is 268 g/mol. The monoisotopic (exact) mass is 281 g/mol. The molecule has 3 N–H and O–H groups in total. The summed E-state index contributed by atoms with van der Waals surface area (Å²) in [6.07, 6.45) is 0. The Balaban J connectivity index is 2.10. The van der Waals surface area contributed by atoms with Crippen LogP contribution in [0, 0.1) is 0 Å². The van der Waals surface area contributed by atoms with E-state index in [1.54, 1.807) is 24.3 Å². The van der Waals surface area contributed by atoms with Gasteiger partial charge in [-0.25, -0.2) is 0 Å². The Kier molecular flexibility index (Phi) is 4.19. The first-order valence-corrected chi connectivity index (χ1v) is 5.71. The predicted octanol–water partition coefficient (Wildman–Crippen LogP) is 3.02. The topological polar surface area (TPSA) is 69.4 Å². The van der Waals surface area contributed by atoms with Crippen molar-refractivity contribution in [3.63, 3.8) is 0 Å². The van der Waals surface area contributed by atoms with Gasteiger partial charge >= 0.3 is 6.61 Å². The van der Waals surface area contributed by atoms with Crippen LogP contribution in [0.15, 0.2) is 36.4 Å². The first-order valence-electron chi connectivity index (χ1n) is 5.71. The van der Waals surface area contributed by atoms with Crippen molar-refractivity contribution in [2.75, 3.05) is 18.2 Å². The molecule has 7 heteroatoms. The first kappa shape index (κ1) is 13.9. The summed E-state index contributed by atoms with van der Waals surface area (Å²) in [7, 11) is 1.47. The molecule has 0 aliphatic rings. The molecule has 1 aromatic heterocycles. The lowest BCUT2D eigenvalue weighted by atomic mass is 10.3. The second kappa shape index (κ2) is 6.05. The highest BCUT2D eigenvalue weighted by molar-refractivity contribution is 5.61. The Labute approximate surface area is 114 Å². The number of nitrogens with one attached hydrogen (secondary N) is 1. The lowest BCUT2D eigenvalue weighted by molar-refractivity contribution is -0.0498. The average Bonchev–Trinajstić information content (AvgIpc) is 2.42. The molecule has 0 spiro atoms. The highest BCUT2D eigenvalue weighted by Crippen LogP contribution is 2.24. The molecule has 1 aromatic carbocycles. The number of nitrogens with two attached hydrogens (primary N) is 1. The molecule has 0 aliphatic carbocycles. The van der Waals surface area contributed by atoms with Crippen LogP contribution in [0.5, 0.6) is 11.6 Å². The van der Waals surface area contributed by atoms with Gasteiger partial charge in [0.15, 0.2) is 0 Å². The quantitative estimate of drug-likeness (QED) is 0.881. The molecule has 0 radical (unpaired) electrons. The van der Waals surface area contributed by atoms with Crippen LogP contribution >= 0.6 is 0 Å². The van der Waals surface area contributed by atoms with E-state index in [9.17, 15) is 8.78 Å². The molecule has 0 saturated heterocycles. The second-order valence-corrected chi connectivity index (χ2v) is 3.82. The zero-order valence-corrected chi connectivity index (χ0v) is 10.6. The fourth-order valence-corrected chi connectivity index (χ4v) is 1.55. The number of alkyl halides is 2. The predicted molar refractivity (Wildman–Crippen MR) is 71.6 cm³/mol. The van der Waals surface area contributed by atoms with Crippen molar-refractivity contribution in [1.82, 2.24) is 4.98 Å². The van der Waals surface area contributed by atoms with Crippen molar-refractivity contribution in [3.8, 4) is 11.6 Å². The van der Waals surface area contributed by atoms with E-state index in [1.165, 1.54) is 19.2 Å². The van der Waals surface area contributed by atoms with Gasteiger partial charge in [-0.05, 0) is 36.4 Å². The van der Waals surface area contributed by atoms with E-state index >= 15 is 0 Å². The Morgan fingerprint density at radius 3 is 2.45 bits per heavy atom. The third kappa shape index (κ3) is 3.47. The van der Waals surface area contributed by atoms with Gasteiger partial charge in [0.25, 0.3) is 0 Å². The lowest BCUT2D eigenvalue weighted by Crippen LogP contribution is -2.02. The second-order valence-electron chi connectivity index (χ2n) is 3.82. The van der Waals surface area contributed by atoms with Gasteiger partial charge in [-0.3, -0.25) is 0 Å². The molecule has 0 saturated carbocycles. The van der Waals surface area contributed by atoms with Crippen LogP contribution in [0.25, 0.3) is 0 Å². The Morgan fingerprint density at radius 2 is 1.85 bits per heavy atom. The zero-order chi connectivity index (χ0) is 14.5. The zero-order valence-electron chi connectivity index (χ0n) is 10.6. The molecule has 0 atom stereocenters. The van der Waals surface area contributed by atoms with Crippen LogP contribution in [0.1, 0.15) is 0 Å². The van der Waals surface area contributed by atoms with E-state index in [0.717, 1.165) is 0 Å². The van der Waals surface area contributed by atoms with Crippen LogP contribution in [-0.4, -0.2) is 18.7 Å². The van der Waals surface area contributed by atoms with E-state index in [2.05, 4.69) is 15.0 Å². The van der Waals surface area contributed by atoms with Crippen LogP contribution in [0.2, 0.25) is 0 Å². The maximum atomic E-state index is 12.0. The van der Waals surface area contributed by atoms with Crippen LogP contribution < -0.4 is 20.5 Å². The number of nitrogen functional groups attached to an aromatic ring is 1. The average molecular weight is 281 g/mol. The molecular formula is C13H13F2N3O2. The Bertz CT molecular complexity index is 576. The van der Waals surface area contributed by atoms with Crippen molar-refractivity contribution in [2.24, 2.45) is 0 Å². The summed E-state index contributed by atoms with van der Waals surface area (Å²) in [5, 5.41) is 3.00. The minimum Gasteiger partial charge on any atom is -0.479 e. The number of nitrogens with zero attached hydrogens (tertiary/aromatic N) is 1. The van der Waals surface area contributed by atoms with Gasteiger partial charge in [-0.1, -0.05) is 0 Å². The smallest absolute Gasteiger partial charge is 0.387 e. The molecule has 0 fully saturated rings. The number of pyridine rings is 1. The summed E-state index contributed by atoms with van der Waals surface area (Å²) in [5.74, 6) is 0.930. The van der Waals surface area contributed by atoms with E-state index < -0.39 is 6.61 Å². The van der Waals surface area contributed by atoms with Gasteiger partial charge in [-0.2, -0.15) is 13.8 Å². The van der Waals surface area contributed by atoms with E-state index in [4.69, 9.17) is 10.5 Å². The highest BCUT2D eigenvalue weighted by atomic mass is 19.3. The van der Waals surface area contributed by atoms with Crippen molar-refractivity contribution >= 4 is 17.2 Å². The number of hydrogen-bond acceptors (Lipinski definition) is 5. The molecule has 5 nitrogen and oxygen atoms in total. The van der Waals surface area contributed by atoms with E-state index in [0.29, 0.717) is 23.1 Å². The third-order valence-corrected chi connectivity index (χ3v) is 2.43. The number of methoxy groups -OCH3 is 1. The minimum absolute atomic E-state index is 0.0911. The van der Waals surface area contributed by atoms with E-state index in [1.807, 2.05) is 0 Å². The number of hydrogen-bond donors (Lipinski definition) is 2. The summed E-state index contributed by atoms with van der Waals surface area (Å²) in [6, 6.07) is 9.40. The minimum atomic E-state index is -2.84. The van der Waals surface area contributed by atoms with Gasteiger partial charge in [0.1, 0.15) is 11.6 Å². The largest absolute Gasteiger partial charge is 0.479 e. The van der Waals surface area contributed by atoms with Crippen molar-refractivity contribution < 1.29 is 18.3 Å².